The van der Waals surface area contributed by atoms with Gasteiger partial charge in [0, 0.05) is 42.2 Å². The minimum absolute atomic E-state index is 0.0247. The largest absolute Gasteiger partial charge is 0.491 e. The number of hydrogen-bond acceptors (Lipinski definition) is 5. The van der Waals surface area contributed by atoms with Crippen molar-refractivity contribution in [1.29, 1.82) is 0 Å². The van der Waals surface area contributed by atoms with Gasteiger partial charge in [-0.05, 0) is 62.7 Å². The van der Waals surface area contributed by atoms with Crippen molar-refractivity contribution < 1.29 is 18.7 Å². The van der Waals surface area contributed by atoms with Crippen LogP contribution < -0.4 is 10.1 Å². The lowest BCUT2D eigenvalue weighted by Gasteiger charge is -2.28. The molecule has 192 valence electrons. The first-order valence-corrected chi connectivity index (χ1v) is 13.0. The summed E-state index contributed by atoms with van der Waals surface area (Å²) in [6.07, 6.45) is 5.94. The molecule has 1 aromatic heterocycles. The number of aromatic nitrogens is 1. The molecule has 0 saturated heterocycles. The van der Waals surface area contributed by atoms with Gasteiger partial charge in [-0.25, -0.2) is 9.18 Å². The molecule has 1 atom stereocenters. The zero-order chi connectivity index (χ0) is 25.2. The fourth-order valence-corrected chi connectivity index (χ4v) is 5.80. The van der Waals surface area contributed by atoms with Gasteiger partial charge in [0.05, 0.1) is 24.4 Å². The Morgan fingerprint density at radius 2 is 1.97 bits per heavy atom. The number of carbonyl (C=O) groups excluding carboxylic acids is 1. The molecule has 2 aliphatic rings. The molecule has 0 bridgehead atoms. The second kappa shape index (κ2) is 10.6. The number of likely N-dealkylation sites (N-methyl/N-ethyl adjacent to an activating group) is 1. The van der Waals surface area contributed by atoms with Crippen molar-refractivity contribution in [1.82, 2.24) is 14.8 Å². The van der Waals surface area contributed by atoms with Crippen molar-refractivity contribution in [3.8, 4) is 17.0 Å². The fraction of sp³-hybridized carbons (Fsp3) is 0.483. The zero-order valence-corrected chi connectivity index (χ0v) is 21.5. The number of esters is 1. The van der Waals surface area contributed by atoms with Gasteiger partial charge < -0.3 is 24.3 Å². The van der Waals surface area contributed by atoms with E-state index in [2.05, 4.69) is 34.9 Å². The molecule has 7 heteroatoms. The standard InChI is InChI=1S/C29H36FN3O3/c1-32(2)14-13-31-22-17-33-25-15-20(29(34)35-3)9-11-23(25)27(19-7-5-4-6-8-19)28(33)24-12-10-21(30)16-26(24)36-18-22/h9-12,15-16,19,22,31H,4-8,13-14,17-18H2,1-3H3. The van der Waals surface area contributed by atoms with Crippen molar-refractivity contribution in [3.63, 3.8) is 0 Å². The lowest BCUT2D eigenvalue weighted by atomic mass is 9.81. The zero-order valence-electron chi connectivity index (χ0n) is 21.5. The summed E-state index contributed by atoms with van der Waals surface area (Å²) in [5.41, 5.74) is 4.86. The third-order valence-corrected chi connectivity index (χ3v) is 7.57. The predicted molar refractivity (Wildman–Crippen MR) is 140 cm³/mol. The molecule has 6 nitrogen and oxygen atoms in total. The molecule has 1 saturated carbocycles. The molecule has 1 N–H and O–H groups in total. The Kier molecular flexibility index (Phi) is 7.30. The molecule has 2 aromatic carbocycles. The second-order valence-electron chi connectivity index (χ2n) is 10.3. The summed E-state index contributed by atoms with van der Waals surface area (Å²) in [5.74, 6) is 0.340. The van der Waals surface area contributed by atoms with Gasteiger partial charge in [0.25, 0.3) is 0 Å². The van der Waals surface area contributed by atoms with Crippen LogP contribution in [0.15, 0.2) is 36.4 Å². The summed E-state index contributed by atoms with van der Waals surface area (Å²) in [5, 5.41) is 4.80. The summed E-state index contributed by atoms with van der Waals surface area (Å²) in [4.78, 5) is 14.6. The van der Waals surface area contributed by atoms with Gasteiger partial charge in [-0.3, -0.25) is 0 Å². The highest BCUT2D eigenvalue weighted by Gasteiger charge is 2.31. The molecule has 2 heterocycles. The lowest BCUT2D eigenvalue weighted by Crippen LogP contribution is -2.42. The number of hydrogen-bond donors (Lipinski definition) is 1. The Labute approximate surface area is 212 Å². The molecule has 36 heavy (non-hydrogen) atoms. The molecule has 1 fully saturated rings. The summed E-state index contributed by atoms with van der Waals surface area (Å²) < 4.78 is 28.0. The third kappa shape index (κ3) is 4.87. The first-order valence-electron chi connectivity index (χ1n) is 13.0. The maximum atomic E-state index is 14.4. The molecule has 0 radical (unpaired) electrons. The Balaban J connectivity index is 1.72. The molecule has 1 unspecified atom stereocenters. The Hall–Kier alpha value is -2.90. The van der Waals surface area contributed by atoms with Crippen LogP contribution in [0.1, 0.15) is 53.9 Å². The molecule has 5 rings (SSSR count). The molecule has 0 spiro atoms. The lowest BCUT2D eigenvalue weighted by molar-refractivity contribution is 0.0601. The van der Waals surface area contributed by atoms with Crippen LogP contribution in [0.5, 0.6) is 5.75 Å². The first-order chi connectivity index (χ1) is 17.5. The van der Waals surface area contributed by atoms with Gasteiger partial charge in [-0.15, -0.1) is 0 Å². The minimum atomic E-state index is -0.344. The van der Waals surface area contributed by atoms with Crippen molar-refractivity contribution in [2.24, 2.45) is 0 Å². The van der Waals surface area contributed by atoms with Gasteiger partial charge in [0.15, 0.2) is 0 Å². The van der Waals surface area contributed by atoms with Crippen molar-refractivity contribution >= 4 is 16.9 Å². The minimum Gasteiger partial charge on any atom is -0.491 e. The number of rotatable bonds is 6. The van der Waals surface area contributed by atoms with E-state index in [9.17, 15) is 9.18 Å². The quantitative estimate of drug-likeness (QED) is 0.479. The number of carbonyl (C=O) groups is 1. The third-order valence-electron chi connectivity index (χ3n) is 7.57. The first kappa shape index (κ1) is 24.8. The van der Waals surface area contributed by atoms with Gasteiger partial charge in [-0.1, -0.05) is 25.3 Å². The van der Waals surface area contributed by atoms with Crippen molar-refractivity contribution in [2.45, 2.75) is 50.6 Å². The monoisotopic (exact) mass is 493 g/mol. The highest BCUT2D eigenvalue weighted by atomic mass is 19.1. The van der Waals surface area contributed by atoms with Gasteiger partial charge in [0.2, 0.25) is 0 Å². The van der Waals surface area contributed by atoms with E-state index in [1.165, 1.54) is 44.1 Å². The fourth-order valence-electron chi connectivity index (χ4n) is 5.80. The number of ether oxygens (including phenoxy) is 2. The SMILES string of the molecule is COC(=O)c1ccc2c(C3CCCCC3)c3n(c2c1)CC(NCCN(C)C)COc1cc(F)ccc1-3. The predicted octanol–water partition coefficient (Wildman–Crippen LogP) is 5.19. The van der Waals surface area contributed by atoms with Crippen LogP contribution in [0.4, 0.5) is 4.39 Å². The van der Waals surface area contributed by atoms with Crippen molar-refractivity contribution in [3.05, 3.63) is 53.3 Å². The number of methoxy groups -OCH3 is 1. The maximum absolute atomic E-state index is 14.4. The van der Waals surface area contributed by atoms with Crippen LogP contribution >= 0.6 is 0 Å². The van der Waals surface area contributed by atoms with E-state index in [1.54, 1.807) is 0 Å². The van der Waals surface area contributed by atoms with E-state index in [0.29, 0.717) is 30.4 Å². The Morgan fingerprint density at radius 1 is 1.17 bits per heavy atom. The number of fused-ring (bicyclic) bond motifs is 5. The molecule has 1 aliphatic heterocycles. The molecule has 0 amide bonds. The van der Waals surface area contributed by atoms with Gasteiger partial charge in [0.1, 0.15) is 18.2 Å². The van der Waals surface area contributed by atoms with E-state index in [0.717, 1.165) is 48.1 Å². The smallest absolute Gasteiger partial charge is 0.337 e. The molecular formula is C29H36FN3O3. The summed E-state index contributed by atoms with van der Waals surface area (Å²) in [6.45, 7) is 2.83. The topological polar surface area (TPSA) is 55.7 Å². The normalized spacial score (nSPS) is 18.3. The van der Waals surface area contributed by atoms with Gasteiger partial charge >= 0.3 is 5.97 Å². The average molecular weight is 494 g/mol. The van der Waals surface area contributed by atoms with Crippen molar-refractivity contribution in [2.75, 3.05) is 40.9 Å². The van der Waals surface area contributed by atoms with E-state index >= 15 is 0 Å². The van der Waals surface area contributed by atoms with E-state index < -0.39 is 0 Å². The number of nitrogens with one attached hydrogen (secondary N) is 1. The van der Waals surface area contributed by atoms with Crippen LogP contribution in [0.3, 0.4) is 0 Å². The number of nitrogens with zero attached hydrogens (tertiary/aromatic N) is 2. The highest BCUT2D eigenvalue weighted by Crippen LogP contribution is 2.47. The Bertz CT molecular complexity index is 1250. The molecule has 3 aromatic rings. The van der Waals surface area contributed by atoms with Crippen LogP contribution in [0, 0.1) is 5.82 Å². The van der Waals surface area contributed by atoms with E-state index in [-0.39, 0.29) is 17.8 Å². The summed E-state index contributed by atoms with van der Waals surface area (Å²) >= 11 is 0. The van der Waals surface area contributed by atoms with Crippen LogP contribution in [0.25, 0.3) is 22.2 Å². The van der Waals surface area contributed by atoms with Gasteiger partial charge in [-0.2, -0.15) is 0 Å². The van der Waals surface area contributed by atoms with Crippen LogP contribution in [0.2, 0.25) is 0 Å². The highest BCUT2D eigenvalue weighted by molar-refractivity contribution is 5.99. The summed E-state index contributed by atoms with van der Waals surface area (Å²) in [6, 6.07) is 10.8. The Morgan fingerprint density at radius 3 is 2.72 bits per heavy atom. The second-order valence-corrected chi connectivity index (χ2v) is 10.3. The van der Waals surface area contributed by atoms with E-state index in [4.69, 9.17) is 9.47 Å². The molecule has 1 aliphatic carbocycles. The molecular weight excluding hydrogens is 457 g/mol. The number of benzene rings is 2. The van der Waals surface area contributed by atoms with Crippen LogP contribution in [-0.2, 0) is 11.3 Å². The average Bonchev–Trinajstić information content (AvgIpc) is 3.18. The summed E-state index contributed by atoms with van der Waals surface area (Å²) in [7, 11) is 5.52. The maximum Gasteiger partial charge on any atom is 0.337 e. The number of halogens is 1. The van der Waals surface area contributed by atoms with Crippen LogP contribution in [-0.4, -0.2) is 62.4 Å². The van der Waals surface area contributed by atoms with E-state index in [1.807, 2.05) is 18.2 Å².